The molecule has 0 aliphatic rings. The highest BCUT2D eigenvalue weighted by Crippen LogP contribution is 2.37. The number of aromatic nitrogens is 3. The molecule has 0 aliphatic carbocycles. The zero-order chi connectivity index (χ0) is 11.8. The third-order valence-electron chi connectivity index (χ3n) is 1.77. The Bertz CT molecular complexity index is 509. The molecule has 0 fully saturated rings. The Morgan fingerprint density at radius 2 is 2.00 bits per heavy atom. The molecule has 0 bridgehead atoms. The summed E-state index contributed by atoms with van der Waals surface area (Å²) in [5, 5.41) is 7.32. The molecular weight excluding hydrogens is 259 g/mol. The molecule has 8 heteroatoms. The second-order valence-electron chi connectivity index (χ2n) is 2.81. The highest BCUT2D eigenvalue weighted by atomic mass is 32.2. The zero-order valence-corrected chi connectivity index (χ0v) is 9.27. The van der Waals surface area contributed by atoms with Crippen LogP contribution < -0.4 is 0 Å². The fourth-order valence-corrected chi connectivity index (χ4v) is 2.05. The second kappa shape index (κ2) is 4.02. The summed E-state index contributed by atoms with van der Waals surface area (Å²) >= 11 is 4.88. The van der Waals surface area contributed by atoms with E-state index >= 15 is 0 Å². The van der Waals surface area contributed by atoms with E-state index < -0.39 is 11.7 Å². The molecule has 84 valence electrons. The maximum atomic E-state index is 12.7. The fraction of sp³-hybridized carbons (Fsp3) is 0.125. The SMILES string of the molecule is FC(F)(F)c1ccncc1-c1nnc(S)s1. The lowest BCUT2D eigenvalue weighted by molar-refractivity contribution is -0.137. The number of rotatable bonds is 1. The molecule has 16 heavy (non-hydrogen) atoms. The van der Waals surface area contributed by atoms with Crippen molar-refractivity contribution in [1.82, 2.24) is 15.2 Å². The summed E-state index contributed by atoms with van der Waals surface area (Å²) in [4.78, 5) is 3.66. The number of alkyl halides is 3. The third kappa shape index (κ3) is 2.17. The molecule has 0 amide bonds. The van der Waals surface area contributed by atoms with Crippen LogP contribution in [0.15, 0.2) is 22.8 Å². The summed E-state index contributed by atoms with van der Waals surface area (Å²) in [6, 6.07) is 0.912. The molecule has 0 aromatic carbocycles. The third-order valence-corrected chi connectivity index (χ3v) is 2.89. The van der Waals surface area contributed by atoms with Gasteiger partial charge in [0.05, 0.1) is 5.56 Å². The van der Waals surface area contributed by atoms with E-state index in [9.17, 15) is 13.2 Å². The van der Waals surface area contributed by atoms with Crippen LogP contribution in [-0.2, 0) is 6.18 Å². The topological polar surface area (TPSA) is 38.7 Å². The number of halogens is 3. The van der Waals surface area contributed by atoms with Crippen molar-refractivity contribution in [1.29, 1.82) is 0 Å². The van der Waals surface area contributed by atoms with Crippen molar-refractivity contribution in [2.75, 3.05) is 0 Å². The first-order chi connectivity index (χ1) is 7.48. The van der Waals surface area contributed by atoms with Gasteiger partial charge in [-0.05, 0) is 6.07 Å². The van der Waals surface area contributed by atoms with E-state index in [2.05, 4.69) is 27.8 Å². The standard InChI is InChI=1S/C8H4F3N3S2/c9-8(10,11)5-1-2-12-3-4(5)6-13-14-7(15)16-6/h1-3H,(H,14,15). The summed E-state index contributed by atoms with van der Waals surface area (Å²) in [7, 11) is 0. The van der Waals surface area contributed by atoms with Crippen molar-refractivity contribution in [3.8, 4) is 10.6 Å². The lowest BCUT2D eigenvalue weighted by atomic mass is 10.1. The van der Waals surface area contributed by atoms with E-state index in [0.29, 0.717) is 4.34 Å². The van der Waals surface area contributed by atoms with Gasteiger partial charge in [0, 0.05) is 18.0 Å². The van der Waals surface area contributed by atoms with E-state index in [4.69, 9.17) is 0 Å². The molecule has 2 heterocycles. The van der Waals surface area contributed by atoms with Crippen molar-refractivity contribution in [3.05, 3.63) is 24.0 Å². The summed E-state index contributed by atoms with van der Waals surface area (Å²) < 4.78 is 38.3. The van der Waals surface area contributed by atoms with Crippen LogP contribution in [0.2, 0.25) is 0 Å². The van der Waals surface area contributed by atoms with Crippen molar-refractivity contribution in [2.45, 2.75) is 10.5 Å². The summed E-state index contributed by atoms with van der Waals surface area (Å²) in [6.45, 7) is 0. The van der Waals surface area contributed by atoms with Gasteiger partial charge in [-0.15, -0.1) is 22.8 Å². The minimum atomic E-state index is -4.43. The van der Waals surface area contributed by atoms with Crippen molar-refractivity contribution < 1.29 is 13.2 Å². The predicted molar refractivity (Wildman–Crippen MR) is 55.4 cm³/mol. The molecular formula is C8H4F3N3S2. The van der Waals surface area contributed by atoms with Gasteiger partial charge in [-0.3, -0.25) is 4.98 Å². The summed E-state index contributed by atoms with van der Waals surface area (Å²) in [5.74, 6) is 0. The normalized spacial score (nSPS) is 11.8. The summed E-state index contributed by atoms with van der Waals surface area (Å²) in [6.07, 6.45) is -2.22. The zero-order valence-electron chi connectivity index (χ0n) is 7.56. The summed E-state index contributed by atoms with van der Waals surface area (Å²) in [5.41, 5.74) is -0.847. The van der Waals surface area contributed by atoms with Gasteiger partial charge in [-0.1, -0.05) is 11.3 Å². The van der Waals surface area contributed by atoms with Crippen LogP contribution in [0.3, 0.4) is 0 Å². The Hall–Kier alpha value is -1.15. The van der Waals surface area contributed by atoms with Crippen LogP contribution in [0.4, 0.5) is 13.2 Å². The minimum absolute atomic E-state index is 0.0761. The molecule has 2 rings (SSSR count). The van der Waals surface area contributed by atoms with E-state index in [0.717, 1.165) is 29.8 Å². The molecule has 0 saturated carbocycles. The van der Waals surface area contributed by atoms with Crippen LogP contribution in [0.5, 0.6) is 0 Å². The van der Waals surface area contributed by atoms with Crippen molar-refractivity contribution in [2.24, 2.45) is 0 Å². The van der Waals surface area contributed by atoms with Gasteiger partial charge in [0.25, 0.3) is 0 Å². The van der Waals surface area contributed by atoms with Gasteiger partial charge in [0.2, 0.25) is 0 Å². The largest absolute Gasteiger partial charge is 0.417 e. The highest BCUT2D eigenvalue weighted by molar-refractivity contribution is 7.82. The Morgan fingerprint density at radius 1 is 1.25 bits per heavy atom. The average Bonchev–Trinajstić information content (AvgIpc) is 2.64. The molecule has 0 spiro atoms. The Morgan fingerprint density at radius 3 is 2.56 bits per heavy atom. The molecule has 0 saturated heterocycles. The van der Waals surface area contributed by atoms with Gasteiger partial charge < -0.3 is 0 Å². The van der Waals surface area contributed by atoms with Crippen LogP contribution in [0, 0.1) is 0 Å². The number of hydrogen-bond acceptors (Lipinski definition) is 5. The first kappa shape index (κ1) is 11.3. The second-order valence-corrected chi connectivity index (χ2v) is 4.51. The Kier molecular flexibility index (Phi) is 2.85. The number of hydrogen-bond donors (Lipinski definition) is 1. The van der Waals surface area contributed by atoms with Gasteiger partial charge >= 0.3 is 6.18 Å². The highest BCUT2D eigenvalue weighted by Gasteiger charge is 2.34. The Balaban J connectivity index is 2.57. The predicted octanol–water partition coefficient (Wildman–Crippen LogP) is 2.91. The number of nitrogens with zero attached hydrogens (tertiary/aromatic N) is 3. The monoisotopic (exact) mass is 263 g/mol. The van der Waals surface area contributed by atoms with E-state index in [1.54, 1.807) is 0 Å². The molecule has 2 aromatic rings. The maximum absolute atomic E-state index is 12.7. The molecule has 0 N–H and O–H groups in total. The quantitative estimate of drug-likeness (QED) is 0.804. The van der Waals surface area contributed by atoms with Gasteiger partial charge in [0.1, 0.15) is 0 Å². The van der Waals surface area contributed by atoms with E-state index in [1.165, 1.54) is 0 Å². The smallest absolute Gasteiger partial charge is 0.264 e. The van der Waals surface area contributed by atoms with Crippen LogP contribution >= 0.6 is 24.0 Å². The van der Waals surface area contributed by atoms with E-state index in [1.807, 2.05) is 0 Å². The maximum Gasteiger partial charge on any atom is 0.417 e. The number of pyridine rings is 1. The van der Waals surface area contributed by atoms with Crippen LogP contribution in [0.25, 0.3) is 10.6 Å². The molecule has 3 nitrogen and oxygen atoms in total. The van der Waals surface area contributed by atoms with Gasteiger partial charge in [-0.2, -0.15) is 13.2 Å². The molecule has 0 unspecified atom stereocenters. The average molecular weight is 263 g/mol. The minimum Gasteiger partial charge on any atom is -0.264 e. The van der Waals surface area contributed by atoms with Gasteiger partial charge in [-0.25, -0.2) is 0 Å². The molecule has 0 atom stereocenters. The Labute approximate surface area is 97.8 Å². The molecule has 2 aromatic heterocycles. The first-order valence-electron chi connectivity index (χ1n) is 4.02. The number of thiol groups is 1. The van der Waals surface area contributed by atoms with Crippen molar-refractivity contribution in [3.63, 3.8) is 0 Å². The lowest BCUT2D eigenvalue weighted by Gasteiger charge is -2.09. The molecule has 0 aliphatic heterocycles. The first-order valence-corrected chi connectivity index (χ1v) is 5.29. The molecule has 0 radical (unpaired) electrons. The van der Waals surface area contributed by atoms with Crippen molar-refractivity contribution >= 4 is 24.0 Å². The van der Waals surface area contributed by atoms with Gasteiger partial charge in [0.15, 0.2) is 9.35 Å². The van der Waals surface area contributed by atoms with E-state index in [-0.39, 0.29) is 10.6 Å². The van der Waals surface area contributed by atoms with Crippen LogP contribution in [-0.4, -0.2) is 15.2 Å². The lowest BCUT2D eigenvalue weighted by Crippen LogP contribution is -2.07. The fourth-order valence-electron chi connectivity index (χ4n) is 1.14. The van der Waals surface area contributed by atoms with Crippen LogP contribution in [0.1, 0.15) is 5.56 Å².